The molecule has 27 heavy (non-hydrogen) atoms. The van der Waals surface area contributed by atoms with Gasteiger partial charge in [-0.3, -0.25) is 0 Å². The molecule has 0 spiro atoms. The molecular formula is C21H23N3O3. The predicted octanol–water partition coefficient (Wildman–Crippen LogP) is 4.04. The van der Waals surface area contributed by atoms with Crippen LogP contribution in [0.3, 0.4) is 0 Å². The number of para-hydroxylation sites is 1. The lowest BCUT2D eigenvalue weighted by atomic mass is 10.1. The van der Waals surface area contributed by atoms with E-state index in [4.69, 9.17) is 9.47 Å². The third-order valence-corrected chi connectivity index (χ3v) is 4.39. The van der Waals surface area contributed by atoms with Gasteiger partial charge in [-0.15, -0.1) is 0 Å². The van der Waals surface area contributed by atoms with E-state index >= 15 is 0 Å². The summed E-state index contributed by atoms with van der Waals surface area (Å²) in [6, 6.07) is 11.6. The van der Waals surface area contributed by atoms with Gasteiger partial charge in [-0.25, -0.2) is 14.8 Å². The highest BCUT2D eigenvalue weighted by Gasteiger charge is 2.18. The van der Waals surface area contributed by atoms with Crippen LogP contribution in [0.1, 0.15) is 34.1 Å². The average Bonchev–Trinajstić information content (AvgIpc) is 2.67. The van der Waals surface area contributed by atoms with Crippen molar-refractivity contribution < 1.29 is 14.3 Å². The molecule has 0 radical (unpaired) electrons. The van der Waals surface area contributed by atoms with Crippen LogP contribution in [0.4, 0.5) is 5.82 Å². The Morgan fingerprint density at radius 1 is 1.07 bits per heavy atom. The molecule has 1 N–H and O–H groups in total. The second-order valence-electron chi connectivity index (χ2n) is 6.23. The van der Waals surface area contributed by atoms with Gasteiger partial charge >= 0.3 is 5.97 Å². The molecule has 3 rings (SSSR count). The van der Waals surface area contributed by atoms with Crippen LogP contribution in [-0.2, 0) is 11.3 Å². The van der Waals surface area contributed by atoms with E-state index in [1.807, 2.05) is 50.2 Å². The van der Waals surface area contributed by atoms with E-state index in [0.29, 0.717) is 17.9 Å². The minimum absolute atomic E-state index is 0.183. The Kier molecular flexibility index (Phi) is 5.54. The summed E-state index contributed by atoms with van der Waals surface area (Å²) < 4.78 is 10.5. The number of esters is 1. The molecule has 0 amide bonds. The zero-order chi connectivity index (χ0) is 19.4. The molecule has 6 nitrogen and oxygen atoms in total. The van der Waals surface area contributed by atoms with Crippen LogP contribution >= 0.6 is 0 Å². The molecule has 140 valence electrons. The number of ether oxygens (including phenoxy) is 2. The topological polar surface area (TPSA) is 73.3 Å². The lowest BCUT2D eigenvalue weighted by Crippen LogP contribution is -2.14. The Labute approximate surface area is 158 Å². The highest BCUT2D eigenvalue weighted by molar-refractivity contribution is 5.95. The number of anilines is 1. The van der Waals surface area contributed by atoms with Crippen LogP contribution in [0.15, 0.2) is 36.4 Å². The predicted molar refractivity (Wildman–Crippen MR) is 105 cm³/mol. The Hall–Kier alpha value is -3.15. The lowest BCUT2D eigenvalue weighted by Gasteiger charge is -2.13. The summed E-state index contributed by atoms with van der Waals surface area (Å²) >= 11 is 0. The van der Waals surface area contributed by atoms with E-state index in [1.54, 1.807) is 14.0 Å². The van der Waals surface area contributed by atoms with Crippen LogP contribution in [0, 0.1) is 13.8 Å². The number of nitrogens with one attached hydrogen (secondary N) is 1. The minimum Gasteiger partial charge on any atom is -0.496 e. The first kappa shape index (κ1) is 18.6. The summed E-state index contributed by atoms with van der Waals surface area (Å²) in [6.45, 7) is 6.52. The van der Waals surface area contributed by atoms with E-state index in [9.17, 15) is 4.79 Å². The van der Waals surface area contributed by atoms with Crippen LogP contribution in [-0.4, -0.2) is 29.7 Å². The molecule has 1 aromatic heterocycles. The van der Waals surface area contributed by atoms with Crippen molar-refractivity contribution >= 4 is 22.8 Å². The number of hydrogen-bond acceptors (Lipinski definition) is 6. The van der Waals surface area contributed by atoms with Gasteiger partial charge in [0.05, 0.1) is 24.8 Å². The minimum atomic E-state index is -0.493. The summed E-state index contributed by atoms with van der Waals surface area (Å²) in [5.74, 6) is 0.672. The van der Waals surface area contributed by atoms with Gasteiger partial charge in [-0.1, -0.05) is 18.2 Å². The summed E-state index contributed by atoms with van der Waals surface area (Å²) in [5, 5.41) is 3.22. The van der Waals surface area contributed by atoms with Gasteiger partial charge in [0, 0.05) is 12.1 Å². The van der Waals surface area contributed by atoms with Gasteiger partial charge in [0.15, 0.2) is 11.5 Å². The maximum absolute atomic E-state index is 12.4. The van der Waals surface area contributed by atoms with Gasteiger partial charge in [-0.05, 0) is 50.1 Å². The molecule has 0 saturated carbocycles. The normalized spacial score (nSPS) is 10.7. The number of nitrogens with zero attached hydrogens (tertiary/aromatic N) is 2. The maximum atomic E-state index is 12.4. The van der Waals surface area contributed by atoms with Crippen molar-refractivity contribution in [2.24, 2.45) is 0 Å². The molecular weight excluding hydrogens is 342 g/mol. The number of hydrogen-bond donors (Lipinski definition) is 1. The number of aromatic nitrogens is 2. The molecule has 0 unspecified atom stereocenters. The number of rotatable bonds is 6. The van der Waals surface area contributed by atoms with Crippen molar-refractivity contribution in [1.82, 2.24) is 9.97 Å². The second kappa shape index (κ2) is 8.03. The van der Waals surface area contributed by atoms with Crippen molar-refractivity contribution in [3.63, 3.8) is 0 Å². The van der Waals surface area contributed by atoms with Gasteiger partial charge < -0.3 is 14.8 Å². The molecule has 0 fully saturated rings. The standard InChI is InChI=1S/C21H23N3O3/c1-5-27-21(25)19-20(22-12-15-8-6-7-9-18(15)26-4)24-17-11-14(3)13(2)10-16(17)23-19/h6-11H,5,12H2,1-4H3,(H,22,24). The van der Waals surface area contributed by atoms with E-state index in [0.717, 1.165) is 28.0 Å². The van der Waals surface area contributed by atoms with Gasteiger partial charge in [-0.2, -0.15) is 0 Å². The highest BCUT2D eigenvalue weighted by atomic mass is 16.5. The molecule has 0 aliphatic heterocycles. The van der Waals surface area contributed by atoms with E-state index in [1.165, 1.54) is 0 Å². The number of fused-ring (bicyclic) bond motifs is 1. The summed E-state index contributed by atoms with van der Waals surface area (Å²) in [5.41, 5.74) is 4.76. The van der Waals surface area contributed by atoms with Crippen molar-refractivity contribution in [3.05, 3.63) is 58.8 Å². The molecule has 1 heterocycles. The van der Waals surface area contributed by atoms with Gasteiger partial charge in [0.1, 0.15) is 5.75 Å². The first-order valence-corrected chi connectivity index (χ1v) is 8.85. The Balaban J connectivity index is 2.01. The molecule has 0 saturated heterocycles. The second-order valence-corrected chi connectivity index (χ2v) is 6.23. The quantitative estimate of drug-likeness (QED) is 0.665. The molecule has 3 aromatic rings. The number of aryl methyl sites for hydroxylation is 2. The maximum Gasteiger partial charge on any atom is 0.360 e. The Bertz CT molecular complexity index is 986. The van der Waals surface area contributed by atoms with Crippen molar-refractivity contribution in [2.75, 3.05) is 19.0 Å². The first-order chi connectivity index (χ1) is 13.0. The number of benzene rings is 2. The Morgan fingerprint density at radius 3 is 2.41 bits per heavy atom. The van der Waals surface area contributed by atoms with E-state index in [-0.39, 0.29) is 12.3 Å². The monoisotopic (exact) mass is 365 g/mol. The van der Waals surface area contributed by atoms with Crippen LogP contribution in [0.25, 0.3) is 11.0 Å². The Morgan fingerprint density at radius 2 is 1.74 bits per heavy atom. The molecule has 0 aliphatic carbocycles. The molecule has 0 atom stereocenters. The fourth-order valence-corrected chi connectivity index (χ4v) is 2.80. The molecule has 6 heteroatoms. The van der Waals surface area contributed by atoms with Crippen LogP contribution in [0.2, 0.25) is 0 Å². The average molecular weight is 365 g/mol. The first-order valence-electron chi connectivity index (χ1n) is 8.85. The smallest absolute Gasteiger partial charge is 0.360 e. The fraction of sp³-hybridized carbons (Fsp3) is 0.286. The molecule has 0 aliphatic rings. The van der Waals surface area contributed by atoms with Gasteiger partial charge in [0.25, 0.3) is 0 Å². The highest BCUT2D eigenvalue weighted by Crippen LogP contribution is 2.23. The SMILES string of the molecule is CCOC(=O)c1nc2cc(C)c(C)cc2nc1NCc1ccccc1OC. The zero-order valence-electron chi connectivity index (χ0n) is 16.0. The summed E-state index contributed by atoms with van der Waals surface area (Å²) in [4.78, 5) is 21.6. The van der Waals surface area contributed by atoms with Crippen molar-refractivity contribution in [3.8, 4) is 5.75 Å². The summed E-state index contributed by atoms with van der Waals surface area (Å²) in [7, 11) is 1.63. The van der Waals surface area contributed by atoms with Gasteiger partial charge in [0.2, 0.25) is 0 Å². The summed E-state index contributed by atoms with van der Waals surface area (Å²) in [6.07, 6.45) is 0. The van der Waals surface area contributed by atoms with E-state index in [2.05, 4.69) is 15.3 Å². The largest absolute Gasteiger partial charge is 0.496 e. The zero-order valence-corrected chi connectivity index (χ0v) is 16.0. The number of carbonyl (C=O) groups excluding carboxylic acids is 1. The van der Waals surface area contributed by atoms with Crippen LogP contribution < -0.4 is 10.1 Å². The number of methoxy groups -OCH3 is 1. The van der Waals surface area contributed by atoms with Crippen molar-refractivity contribution in [1.29, 1.82) is 0 Å². The lowest BCUT2D eigenvalue weighted by molar-refractivity contribution is 0.0520. The third kappa shape index (κ3) is 4.00. The van der Waals surface area contributed by atoms with Crippen molar-refractivity contribution in [2.45, 2.75) is 27.3 Å². The van der Waals surface area contributed by atoms with Crippen LogP contribution in [0.5, 0.6) is 5.75 Å². The fourth-order valence-electron chi connectivity index (χ4n) is 2.80. The molecule has 0 bridgehead atoms. The third-order valence-electron chi connectivity index (χ3n) is 4.39. The van der Waals surface area contributed by atoms with E-state index < -0.39 is 5.97 Å². The molecule has 2 aromatic carbocycles. The number of carbonyl (C=O) groups is 1.